The highest BCUT2D eigenvalue weighted by Gasteiger charge is 2.41. The fourth-order valence-electron chi connectivity index (χ4n) is 7.75. The van der Waals surface area contributed by atoms with Gasteiger partial charge in [-0.05, 0) is 55.2 Å². The Morgan fingerprint density at radius 2 is 0.906 bits per heavy atom. The highest BCUT2D eigenvalue weighted by atomic mass is 19.4. The van der Waals surface area contributed by atoms with E-state index in [0.717, 1.165) is 57.9 Å². The maximum atomic E-state index is 14.1. The van der Waals surface area contributed by atoms with Crippen LogP contribution in [0.3, 0.4) is 0 Å². The lowest BCUT2D eigenvalue weighted by molar-refractivity contribution is -0.193. The summed E-state index contributed by atoms with van der Waals surface area (Å²) in [5, 5.41) is 71.2. The second-order valence-electron chi connectivity index (χ2n) is 21.3. The number of hydrogen-bond acceptors (Lipinski definition) is 17. The maximum absolute atomic E-state index is 14.1. The lowest BCUT2D eigenvalue weighted by Crippen LogP contribution is -2.60. The first-order chi connectivity index (χ1) is 44.5. The number of nitrogens with one attached hydrogen (secondary N) is 8. The molecule has 0 unspecified atom stereocenters. The summed E-state index contributed by atoms with van der Waals surface area (Å²) in [4.78, 5) is 120. The van der Waals surface area contributed by atoms with Gasteiger partial charge in [0.05, 0.1) is 11.9 Å². The lowest BCUT2D eigenvalue weighted by atomic mass is 9.98. The van der Waals surface area contributed by atoms with E-state index in [1.807, 2.05) is 26.0 Å². The zero-order valence-electron chi connectivity index (χ0n) is 52.1. The Balaban J connectivity index is 0.00000267. The summed E-state index contributed by atoms with van der Waals surface area (Å²) in [5.74, 6) is -15.8. The summed E-state index contributed by atoms with van der Waals surface area (Å²) in [6.07, 6.45) is -16.9. The van der Waals surface area contributed by atoms with Crippen LogP contribution in [-0.2, 0) is 73.9 Å². The smallest absolute Gasteiger partial charge is 0.480 e. The highest BCUT2D eigenvalue weighted by Crippen LogP contribution is 2.17. The van der Waals surface area contributed by atoms with Crippen molar-refractivity contribution in [3.63, 3.8) is 0 Å². The molecule has 40 heteroatoms. The third kappa shape index (κ3) is 39.8. The number of amides is 5. The molecule has 2 heterocycles. The molecule has 0 saturated carbocycles. The van der Waals surface area contributed by atoms with Crippen molar-refractivity contribution < 1.29 is 126 Å². The Morgan fingerprint density at radius 3 is 1.30 bits per heavy atom. The van der Waals surface area contributed by atoms with Gasteiger partial charge in [0, 0.05) is 71.7 Å². The number of benzene rings is 2. The number of carboxylic acid groups (broad SMARTS) is 5. The quantitative estimate of drug-likeness (QED) is 0.0427. The number of unbranched alkanes of at least 4 members (excludes halogenated alkanes) is 1. The molecule has 2 aromatic carbocycles. The minimum atomic E-state index is -5.08. The van der Waals surface area contributed by atoms with E-state index in [1.54, 1.807) is 68.6 Å². The van der Waals surface area contributed by atoms with Crippen molar-refractivity contribution in [3.05, 3.63) is 83.7 Å². The average molecular weight is 1400 g/mol. The number of nitrogens with zero attached hydrogens (tertiary/aromatic N) is 4. The second-order valence-corrected chi connectivity index (χ2v) is 21.3. The number of aliphatic carboxylic acids is 5. The first-order valence-corrected chi connectivity index (χ1v) is 28.9. The Labute approximate surface area is 541 Å². The number of alkyl halides is 12. The number of halogens is 12. The maximum Gasteiger partial charge on any atom is 0.490 e. The molecule has 0 radical (unpaired) electrons. The number of rotatable bonds is 25. The van der Waals surface area contributed by atoms with E-state index in [-0.39, 0.29) is 38.1 Å². The Bertz CT molecular complexity index is 2770. The predicted molar refractivity (Wildman–Crippen MR) is 313 cm³/mol. The van der Waals surface area contributed by atoms with Crippen LogP contribution in [0.25, 0.3) is 0 Å². The van der Waals surface area contributed by atoms with E-state index < -0.39 is 120 Å². The summed E-state index contributed by atoms with van der Waals surface area (Å²) in [5.41, 5.74) is 7.91. The number of carbonyl (C=O) groups is 10. The van der Waals surface area contributed by atoms with Gasteiger partial charge in [0.15, 0.2) is 0 Å². The van der Waals surface area contributed by atoms with Gasteiger partial charge in [0.2, 0.25) is 29.5 Å². The molecule has 0 bridgehead atoms. The number of nitrogens with two attached hydrogens (primary N) is 1. The molecule has 1 aromatic heterocycles. The largest absolute Gasteiger partial charge is 0.490 e. The van der Waals surface area contributed by atoms with Crippen LogP contribution in [0.2, 0.25) is 0 Å². The summed E-state index contributed by atoms with van der Waals surface area (Å²) in [6.45, 7) is 14.9. The molecule has 0 aliphatic carbocycles. The number of carbonyl (C=O) groups excluding carboxylic acids is 5. The zero-order chi connectivity index (χ0) is 73.6. The molecule has 28 nitrogen and oxygen atoms in total. The number of aromatic nitrogens is 3. The van der Waals surface area contributed by atoms with E-state index in [1.165, 1.54) is 4.68 Å². The Kier molecular flexibility index (Phi) is 40.0. The fourth-order valence-corrected chi connectivity index (χ4v) is 7.75. The van der Waals surface area contributed by atoms with Gasteiger partial charge in [-0.1, -0.05) is 93.6 Å². The average Bonchev–Trinajstić information content (AvgIpc) is 0.913. The molecule has 15 N–H and O–H groups in total. The second kappa shape index (κ2) is 44.1. The van der Waals surface area contributed by atoms with Crippen LogP contribution in [0.5, 0.6) is 0 Å². The third-order valence-electron chi connectivity index (χ3n) is 12.4. The normalized spacial score (nSPS) is 14.8. The molecule has 1 aliphatic heterocycles. The number of carboxylic acids is 5. The van der Waals surface area contributed by atoms with E-state index >= 15 is 0 Å². The first kappa shape index (κ1) is 87.2. The topological polar surface area (TPSA) is 428 Å². The molecule has 4 rings (SSSR count). The summed E-state index contributed by atoms with van der Waals surface area (Å²) in [6, 6.07) is 12.2. The minimum Gasteiger partial charge on any atom is -0.480 e. The molecule has 5 amide bonds. The van der Waals surface area contributed by atoms with Crippen LogP contribution in [0.1, 0.15) is 70.2 Å². The SMILES string of the molecule is CC(C)C[C@H](NC(=O)[C@H](CCCCN)NC(=O)Cn1cc(CN2CCNCCNCCNCC2)nn1)C(=O)N[C@H](C(=O)N[C@@H](Cc1ccccc1)C(=O)N[C@@H](Cc1ccccc1)C(=O)O)C(C)C.O=C(O)C(F)(F)F.O=C(O)C(F)(F)F.O=C(O)C(F)(F)F.O=C(O)C(F)(F)F. The van der Waals surface area contributed by atoms with Gasteiger partial charge in [0.25, 0.3) is 0 Å². The molecule has 1 aliphatic rings. The molecule has 542 valence electrons. The van der Waals surface area contributed by atoms with Gasteiger partial charge in [-0.3, -0.25) is 28.9 Å². The predicted octanol–water partition coefficient (Wildman–Crippen LogP) is 2.22. The van der Waals surface area contributed by atoms with Crippen LogP contribution < -0.4 is 48.3 Å². The summed E-state index contributed by atoms with van der Waals surface area (Å²) in [7, 11) is 0. The standard InChI is InChI=1S/C48H75N13O7.4C2HF3O2/c1-33(2)27-39(54-44(63)38(17-11-12-18-49)53-42(62)32-61-31-37(58-59-61)30-60-25-23-51-21-19-50-20-22-52-24-26-60)46(65)57-43(34(3)4)47(66)55-40(28-35-13-7-5-8-14-35)45(64)56-41(48(67)68)29-36-15-9-6-10-16-36;4*3-2(4,5)1(6)7/h5-10,13-16,31,33-34,38-41,43,50-52H,11-12,17-30,32,49H2,1-4H3,(H,53,62)(H,54,63)(H,55,66)(H,56,64)(H,57,65)(H,67,68);4*(H,6,7)/t38-,39-,40-,41-,43-;;;;/m0..../s1. The van der Waals surface area contributed by atoms with Crippen LogP contribution in [0, 0.1) is 11.8 Å². The van der Waals surface area contributed by atoms with Gasteiger partial charge in [-0.25, -0.2) is 28.7 Å². The molecule has 1 saturated heterocycles. The molecule has 3 aromatic rings. The summed E-state index contributed by atoms with van der Waals surface area (Å²) >= 11 is 0. The summed E-state index contributed by atoms with van der Waals surface area (Å²) < 4.78 is 128. The van der Waals surface area contributed by atoms with Gasteiger partial charge in [-0.15, -0.1) is 5.10 Å². The molecule has 0 spiro atoms. The van der Waals surface area contributed by atoms with E-state index in [9.17, 15) is 86.6 Å². The first-order valence-electron chi connectivity index (χ1n) is 28.9. The van der Waals surface area contributed by atoms with Crippen LogP contribution >= 0.6 is 0 Å². The van der Waals surface area contributed by atoms with Crippen molar-refractivity contribution in [1.29, 1.82) is 0 Å². The van der Waals surface area contributed by atoms with E-state index in [4.69, 9.17) is 45.3 Å². The zero-order valence-corrected chi connectivity index (χ0v) is 52.1. The van der Waals surface area contributed by atoms with Crippen molar-refractivity contribution in [3.8, 4) is 0 Å². The highest BCUT2D eigenvalue weighted by molar-refractivity contribution is 5.96. The molecule has 96 heavy (non-hydrogen) atoms. The Morgan fingerprint density at radius 1 is 0.521 bits per heavy atom. The van der Waals surface area contributed by atoms with Crippen molar-refractivity contribution in [2.45, 2.75) is 134 Å². The van der Waals surface area contributed by atoms with Crippen LogP contribution in [0.15, 0.2) is 66.9 Å². The fraction of sp³-hybridized carbons (Fsp3) is 0.571. The molecule has 1 fully saturated rings. The molecule has 5 atom stereocenters. The van der Waals surface area contributed by atoms with E-state index in [2.05, 4.69) is 57.7 Å². The number of hydrogen-bond donors (Lipinski definition) is 14. The minimum absolute atomic E-state index is 0.0240. The molecular formula is C56H79F12N13O15. The van der Waals surface area contributed by atoms with Gasteiger partial charge in [-0.2, -0.15) is 52.7 Å². The van der Waals surface area contributed by atoms with Gasteiger partial charge in [0.1, 0.15) is 36.8 Å². The Hall–Kier alpha value is -8.76. The van der Waals surface area contributed by atoms with Gasteiger partial charge >= 0.3 is 54.6 Å². The van der Waals surface area contributed by atoms with Crippen molar-refractivity contribution in [2.75, 3.05) is 58.9 Å². The van der Waals surface area contributed by atoms with Crippen molar-refractivity contribution in [2.24, 2.45) is 17.6 Å². The van der Waals surface area contributed by atoms with Crippen LogP contribution in [-0.4, -0.2) is 219 Å². The van der Waals surface area contributed by atoms with Crippen molar-refractivity contribution in [1.82, 2.24) is 62.4 Å². The monoisotopic (exact) mass is 1400 g/mol. The lowest BCUT2D eigenvalue weighted by Gasteiger charge is -2.29. The third-order valence-corrected chi connectivity index (χ3v) is 12.4. The van der Waals surface area contributed by atoms with E-state index in [0.29, 0.717) is 37.2 Å². The van der Waals surface area contributed by atoms with Gasteiger partial charge < -0.3 is 73.8 Å². The van der Waals surface area contributed by atoms with Crippen LogP contribution in [0.4, 0.5) is 52.7 Å². The van der Waals surface area contributed by atoms with Crippen molar-refractivity contribution >= 4 is 59.4 Å². The molecular weight excluding hydrogens is 1320 g/mol.